The molecule has 172 valence electrons. The molecule has 4 rings (SSSR count). The molecule has 2 heterocycles. The first-order chi connectivity index (χ1) is 15.4. The summed E-state index contributed by atoms with van der Waals surface area (Å²) in [5.74, 6) is 0.0580. The van der Waals surface area contributed by atoms with Crippen molar-refractivity contribution in [1.82, 2.24) is 20.0 Å². The van der Waals surface area contributed by atoms with E-state index >= 15 is 0 Å². The van der Waals surface area contributed by atoms with Gasteiger partial charge in [0, 0.05) is 50.9 Å². The summed E-state index contributed by atoms with van der Waals surface area (Å²) in [5, 5.41) is 2.95. The molecule has 2 atom stereocenters. The molecule has 0 radical (unpaired) electrons. The van der Waals surface area contributed by atoms with E-state index in [1.165, 1.54) is 4.90 Å². The summed E-state index contributed by atoms with van der Waals surface area (Å²) in [6.07, 6.45) is 2.00. The highest BCUT2D eigenvalue weighted by Gasteiger charge is 2.40. The van der Waals surface area contributed by atoms with Crippen LogP contribution in [0.1, 0.15) is 38.3 Å². The molecule has 0 bridgehead atoms. The average molecular weight is 441 g/mol. The van der Waals surface area contributed by atoms with Crippen molar-refractivity contribution in [3.8, 4) is 0 Å². The fourth-order valence-corrected chi connectivity index (χ4v) is 4.57. The zero-order chi connectivity index (χ0) is 22.8. The number of likely N-dealkylation sites (N-methyl/N-ethyl adjacent to an activating group) is 1. The van der Waals surface area contributed by atoms with Gasteiger partial charge in [0.15, 0.2) is 0 Å². The van der Waals surface area contributed by atoms with Crippen molar-refractivity contribution in [2.24, 2.45) is 5.92 Å². The summed E-state index contributed by atoms with van der Waals surface area (Å²) in [4.78, 5) is 44.1. The lowest BCUT2D eigenvalue weighted by atomic mass is 9.94. The Hall–Kier alpha value is -2.87. The van der Waals surface area contributed by atoms with Gasteiger partial charge in [-0.3, -0.25) is 14.6 Å². The van der Waals surface area contributed by atoms with Crippen molar-refractivity contribution >= 4 is 17.9 Å². The SMILES string of the molecule is CCOC(=O)C1=C(CN2CCN(C(=O)C3CC3)C(C)C2)N(C)C(=O)NC1c1ccccc1. The van der Waals surface area contributed by atoms with Crippen LogP contribution in [-0.2, 0) is 14.3 Å². The van der Waals surface area contributed by atoms with E-state index in [0.717, 1.165) is 18.4 Å². The smallest absolute Gasteiger partial charge is 0.338 e. The maximum Gasteiger partial charge on any atom is 0.338 e. The van der Waals surface area contributed by atoms with E-state index in [1.807, 2.05) is 35.2 Å². The first-order valence-corrected chi connectivity index (χ1v) is 11.4. The number of rotatable bonds is 6. The maximum absolute atomic E-state index is 13.0. The zero-order valence-electron chi connectivity index (χ0n) is 19.0. The van der Waals surface area contributed by atoms with E-state index in [-0.39, 0.29) is 30.5 Å². The standard InChI is InChI=1S/C24H32N4O4/c1-4-32-23(30)20-19(26(3)24(31)25-21(20)17-8-6-5-7-9-17)15-27-12-13-28(16(2)14-27)22(29)18-10-11-18/h5-9,16,18,21H,4,10-15H2,1-3H3,(H,25,31). The molecule has 1 aromatic carbocycles. The van der Waals surface area contributed by atoms with Crippen molar-refractivity contribution in [2.75, 3.05) is 39.8 Å². The molecular weight excluding hydrogens is 408 g/mol. The molecule has 2 unspecified atom stereocenters. The summed E-state index contributed by atoms with van der Waals surface area (Å²) < 4.78 is 5.39. The van der Waals surface area contributed by atoms with Crippen LogP contribution in [0.3, 0.4) is 0 Å². The van der Waals surface area contributed by atoms with Gasteiger partial charge in [-0.25, -0.2) is 9.59 Å². The Morgan fingerprint density at radius 1 is 1.16 bits per heavy atom. The van der Waals surface area contributed by atoms with Crippen molar-refractivity contribution in [3.63, 3.8) is 0 Å². The van der Waals surface area contributed by atoms with E-state index in [4.69, 9.17) is 4.74 Å². The first-order valence-electron chi connectivity index (χ1n) is 11.4. The van der Waals surface area contributed by atoms with Gasteiger partial charge in [-0.2, -0.15) is 0 Å². The summed E-state index contributed by atoms with van der Waals surface area (Å²) in [5.41, 5.74) is 1.95. The van der Waals surface area contributed by atoms with E-state index in [9.17, 15) is 14.4 Å². The van der Waals surface area contributed by atoms with Gasteiger partial charge in [0.1, 0.15) is 0 Å². The number of nitrogens with zero attached hydrogens (tertiary/aromatic N) is 3. The molecule has 1 aliphatic carbocycles. The second kappa shape index (κ2) is 9.32. The molecular formula is C24H32N4O4. The first kappa shape index (κ1) is 22.3. The molecule has 2 fully saturated rings. The van der Waals surface area contributed by atoms with Crippen molar-refractivity contribution in [3.05, 3.63) is 47.2 Å². The van der Waals surface area contributed by atoms with Gasteiger partial charge < -0.3 is 15.0 Å². The number of amides is 3. The Morgan fingerprint density at radius 3 is 2.50 bits per heavy atom. The van der Waals surface area contributed by atoms with Crippen molar-refractivity contribution < 1.29 is 19.1 Å². The number of esters is 1. The topological polar surface area (TPSA) is 82.2 Å². The van der Waals surface area contributed by atoms with Gasteiger partial charge >= 0.3 is 12.0 Å². The number of urea groups is 1. The van der Waals surface area contributed by atoms with Gasteiger partial charge in [-0.1, -0.05) is 30.3 Å². The van der Waals surface area contributed by atoms with Crippen LogP contribution in [0, 0.1) is 5.92 Å². The van der Waals surface area contributed by atoms with Crippen LogP contribution in [0.4, 0.5) is 4.79 Å². The van der Waals surface area contributed by atoms with Gasteiger partial charge in [-0.15, -0.1) is 0 Å². The van der Waals surface area contributed by atoms with Crippen LogP contribution in [0.5, 0.6) is 0 Å². The molecule has 2 aliphatic heterocycles. The molecule has 32 heavy (non-hydrogen) atoms. The Kier molecular flexibility index (Phi) is 6.50. The molecule has 0 aromatic heterocycles. The lowest BCUT2D eigenvalue weighted by Crippen LogP contribution is -2.56. The fourth-order valence-electron chi connectivity index (χ4n) is 4.57. The number of benzene rings is 1. The van der Waals surface area contributed by atoms with Crippen LogP contribution in [0.15, 0.2) is 41.6 Å². The highest BCUT2D eigenvalue weighted by Crippen LogP contribution is 2.33. The molecule has 3 aliphatic rings. The maximum atomic E-state index is 13.0. The van der Waals surface area contributed by atoms with Crippen LogP contribution in [-0.4, -0.2) is 78.5 Å². The third-order valence-electron chi connectivity index (χ3n) is 6.50. The number of carbonyl (C=O) groups is 3. The van der Waals surface area contributed by atoms with E-state index in [2.05, 4.69) is 17.1 Å². The average Bonchev–Trinajstić information content (AvgIpc) is 3.62. The molecule has 3 amide bonds. The minimum Gasteiger partial charge on any atom is -0.463 e. The van der Waals surface area contributed by atoms with Crippen LogP contribution >= 0.6 is 0 Å². The number of piperazine rings is 1. The lowest BCUT2D eigenvalue weighted by Gasteiger charge is -2.42. The van der Waals surface area contributed by atoms with Crippen molar-refractivity contribution in [2.45, 2.75) is 38.8 Å². The predicted molar refractivity (Wildman–Crippen MR) is 119 cm³/mol. The summed E-state index contributed by atoms with van der Waals surface area (Å²) in [6, 6.07) is 8.76. The third-order valence-corrected chi connectivity index (χ3v) is 6.50. The second-order valence-electron chi connectivity index (χ2n) is 8.82. The normalized spacial score (nSPS) is 24.4. The Balaban J connectivity index is 1.61. The van der Waals surface area contributed by atoms with Gasteiger partial charge in [0.05, 0.1) is 18.2 Å². The summed E-state index contributed by atoms with van der Waals surface area (Å²) >= 11 is 0. The molecule has 0 spiro atoms. The van der Waals surface area contributed by atoms with E-state index in [1.54, 1.807) is 14.0 Å². The number of nitrogens with one attached hydrogen (secondary N) is 1. The Bertz CT molecular complexity index is 912. The number of carbonyl (C=O) groups excluding carboxylic acids is 3. The number of hydrogen-bond donors (Lipinski definition) is 1. The summed E-state index contributed by atoms with van der Waals surface area (Å²) in [6.45, 7) is 6.61. The van der Waals surface area contributed by atoms with Crippen LogP contribution in [0.2, 0.25) is 0 Å². The fraction of sp³-hybridized carbons (Fsp3) is 0.542. The molecule has 1 N–H and O–H groups in total. The largest absolute Gasteiger partial charge is 0.463 e. The van der Waals surface area contributed by atoms with Gasteiger partial charge in [-0.05, 0) is 32.3 Å². The Labute approximate surface area is 189 Å². The molecule has 8 nitrogen and oxygen atoms in total. The second-order valence-corrected chi connectivity index (χ2v) is 8.82. The molecule has 8 heteroatoms. The molecule has 1 saturated carbocycles. The minimum absolute atomic E-state index is 0.0936. The molecule has 1 saturated heterocycles. The highest BCUT2D eigenvalue weighted by atomic mass is 16.5. The van der Waals surface area contributed by atoms with E-state index in [0.29, 0.717) is 37.4 Å². The highest BCUT2D eigenvalue weighted by molar-refractivity contribution is 5.95. The minimum atomic E-state index is -0.566. The van der Waals surface area contributed by atoms with Crippen molar-refractivity contribution in [1.29, 1.82) is 0 Å². The van der Waals surface area contributed by atoms with Crippen LogP contribution < -0.4 is 5.32 Å². The van der Waals surface area contributed by atoms with Gasteiger partial charge in [0.25, 0.3) is 0 Å². The Morgan fingerprint density at radius 2 is 1.88 bits per heavy atom. The number of ether oxygens (including phenoxy) is 1. The number of hydrogen-bond acceptors (Lipinski definition) is 5. The quantitative estimate of drug-likeness (QED) is 0.686. The monoisotopic (exact) mass is 440 g/mol. The van der Waals surface area contributed by atoms with E-state index < -0.39 is 12.0 Å². The lowest BCUT2D eigenvalue weighted by molar-refractivity contribution is -0.139. The predicted octanol–water partition coefficient (Wildman–Crippen LogP) is 2.14. The molecule has 1 aromatic rings. The summed E-state index contributed by atoms with van der Waals surface area (Å²) in [7, 11) is 1.68. The third kappa shape index (κ3) is 4.50. The van der Waals surface area contributed by atoms with Gasteiger partial charge in [0.2, 0.25) is 5.91 Å². The van der Waals surface area contributed by atoms with Crippen LogP contribution in [0.25, 0.3) is 0 Å². The zero-order valence-corrected chi connectivity index (χ0v) is 19.0.